The molecule has 0 unspecified atom stereocenters. The molecule has 3 N–H and O–H groups in total. The van der Waals surface area contributed by atoms with Gasteiger partial charge in [-0.2, -0.15) is 5.10 Å². The van der Waals surface area contributed by atoms with Crippen molar-refractivity contribution in [2.75, 3.05) is 0 Å². The maximum Gasteiger partial charge on any atom is 0.271 e. The minimum atomic E-state index is -0.649. The molecule has 6 nitrogen and oxygen atoms in total. The van der Waals surface area contributed by atoms with E-state index < -0.39 is 5.91 Å². The van der Waals surface area contributed by atoms with Crippen LogP contribution in [-0.4, -0.2) is 23.2 Å². The highest BCUT2D eigenvalue weighted by Gasteiger charge is 2.04. The first kappa shape index (κ1) is 17.6. The molecule has 0 bridgehead atoms. The average Bonchev–Trinajstić information content (AvgIpc) is 2.61. The van der Waals surface area contributed by atoms with Gasteiger partial charge in [0.1, 0.15) is 0 Å². The summed E-state index contributed by atoms with van der Waals surface area (Å²) in [7, 11) is 0. The van der Waals surface area contributed by atoms with Crippen LogP contribution in [0.1, 0.15) is 21.5 Å². The van der Waals surface area contributed by atoms with Crippen molar-refractivity contribution in [3.05, 3.63) is 75.8 Å². The highest BCUT2D eigenvalue weighted by molar-refractivity contribution is 9.10. The molecule has 0 saturated carbocycles. The molecule has 2 rings (SSSR count). The van der Waals surface area contributed by atoms with Crippen molar-refractivity contribution in [2.24, 2.45) is 5.10 Å². The second kappa shape index (κ2) is 8.76. The Kier molecular flexibility index (Phi) is 6.41. The summed E-state index contributed by atoms with van der Waals surface area (Å²) in [6.45, 7) is 0. The first-order valence-corrected chi connectivity index (χ1v) is 7.69. The highest BCUT2D eigenvalue weighted by Crippen LogP contribution is 2.09. The van der Waals surface area contributed by atoms with Crippen LogP contribution in [0.2, 0.25) is 0 Å². The highest BCUT2D eigenvalue weighted by atomic mass is 79.9. The Morgan fingerprint density at radius 3 is 2.54 bits per heavy atom. The second-order valence-corrected chi connectivity index (χ2v) is 5.60. The Bertz CT molecular complexity index is 786. The number of nitrogens with one attached hydrogen (secondary N) is 2. The molecule has 0 heterocycles. The lowest BCUT2D eigenvalue weighted by molar-refractivity contribution is -0.124. The van der Waals surface area contributed by atoms with E-state index in [1.807, 2.05) is 24.3 Å². The van der Waals surface area contributed by atoms with E-state index in [9.17, 15) is 9.59 Å². The molecule has 0 atom stereocenters. The van der Waals surface area contributed by atoms with Gasteiger partial charge in [-0.25, -0.2) is 10.9 Å². The first-order chi connectivity index (χ1) is 11.6. The molecule has 2 amide bonds. The van der Waals surface area contributed by atoms with Gasteiger partial charge < -0.3 is 0 Å². The zero-order chi connectivity index (χ0) is 17.4. The maximum atomic E-state index is 12.1. The Morgan fingerprint density at radius 1 is 1.08 bits per heavy atom. The van der Waals surface area contributed by atoms with Gasteiger partial charge in [-0.15, -0.1) is 0 Å². The van der Waals surface area contributed by atoms with Crippen LogP contribution in [0.15, 0.2) is 64.2 Å². The standard InChI is InChI=1S/C17H14BrN3O3/c18-15-7-4-13(5-8-15)11-19-20-17(23)14-3-1-2-12(10-14)6-9-16(22)21-24/h1-11,24H,(H,20,23)(H,21,22)/b9-6+,19-11+. The van der Waals surface area contributed by atoms with Gasteiger partial charge in [0.25, 0.3) is 11.8 Å². The van der Waals surface area contributed by atoms with E-state index in [-0.39, 0.29) is 5.91 Å². The van der Waals surface area contributed by atoms with Crippen LogP contribution in [0.4, 0.5) is 0 Å². The summed E-state index contributed by atoms with van der Waals surface area (Å²) in [5.74, 6) is -1.02. The largest absolute Gasteiger partial charge is 0.288 e. The zero-order valence-electron chi connectivity index (χ0n) is 12.4. The topological polar surface area (TPSA) is 90.8 Å². The van der Waals surface area contributed by atoms with Gasteiger partial charge in [0.15, 0.2) is 0 Å². The number of carbonyl (C=O) groups is 2. The average molecular weight is 388 g/mol. The smallest absolute Gasteiger partial charge is 0.271 e. The maximum absolute atomic E-state index is 12.1. The van der Waals surface area contributed by atoms with Gasteiger partial charge in [-0.05, 0) is 41.5 Å². The first-order valence-electron chi connectivity index (χ1n) is 6.89. The van der Waals surface area contributed by atoms with Crippen LogP contribution in [0.5, 0.6) is 0 Å². The summed E-state index contributed by atoms with van der Waals surface area (Å²) in [5, 5.41) is 12.3. The summed E-state index contributed by atoms with van der Waals surface area (Å²) in [6.07, 6.45) is 4.18. The molecule has 0 aromatic heterocycles. The fourth-order valence-electron chi connectivity index (χ4n) is 1.77. The lowest BCUT2D eigenvalue weighted by atomic mass is 10.1. The molecule has 0 aliphatic heterocycles. The van der Waals surface area contributed by atoms with Crippen LogP contribution in [0.25, 0.3) is 6.08 Å². The van der Waals surface area contributed by atoms with Crippen LogP contribution < -0.4 is 10.9 Å². The number of hydroxylamine groups is 1. The molecule has 122 valence electrons. The normalized spacial score (nSPS) is 10.9. The van der Waals surface area contributed by atoms with Crippen LogP contribution in [0, 0.1) is 0 Å². The Labute approximate surface area is 147 Å². The van der Waals surface area contributed by atoms with Crippen molar-refractivity contribution in [3.63, 3.8) is 0 Å². The van der Waals surface area contributed by atoms with E-state index >= 15 is 0 Å². The minimum absolute atomic E-state index is 0.370. The van der Waals surface area contributed by atoms with Gasteiger partial charge >= 0.3 is 0 Å². The predicted molar refractivity (Wildman–Crippen MR) is 94.6 cm³/mol. The monoisotopic (exact) mass is 387 g/mol. The van der Waals surface area contributed by atoms with E-state index in [2.05, 4.69) is 26.5 Å². The third kappa shape index (κ3) is 5.45. The number of nitrogens with zero attached hydrogens (tertiary/aromatic N) is 1. The molecule has 0 saturated heterocycles. The minimum Gasteiger partial charge on any atom is -0.288 e. The van der Waals surface area contributed by atoms with Crippen molar-refractivity contribution in [1.29, 1.82) is 0 Å². The third-order valence-corrected chi connectivity index (χ3v) is 3.46. The van der Waals surface area contributed by atoms with E-state index in [0.717, 1.165) is 16.1 Å². The molecule has 2 aromatic rings. The van der Waals surface area contributed by atoms with Gasteiger partial charge in [-0.3, -0.25) is 14.8 Å². The SMILES string of the molecule is O=C(/C=C/c1cccc(C(=O)N/N=C/c2ccc(Br)cc2)c1)NO. The molecule has 24 heavy (non-hydrogen) atoms. The molecule has 0 aliphatic rings. The van der Waals surface area contributed by atoms with Crippen molar-refractivity contribution in [2.45, 2.75) is 0 Å². The lowest BCUT2D eigenvalue weighted by Crippen LogP contribution is -2.17. The van der Waals surface area contributed by atoms with Crippen LogP contribution in [-0.2, 0) is 4.79 Å². The van der Waals surface area contributed by atoms with Crippen molar-refractivity contribution >= 4 is 40.0 Å². The quantitative estimate of drug-likeness (QED) is 0.318. The molecule has 7 heteroatoms. The number of hydrazone groups is 1. The molecular weight excluding hydrogens is 374 g/mol. The summed E-state index contributed by atoms with van der Waals surface area (Å²) >= 11 is 3.34. The lowest BCUT2D eigenvalue weighted by Gasteiger charge is -2.01. The Balaban J connectivity index is 2.00. The number of halogens is 1. The number of benzene rings is 2. The molecule has 0 spiro atoms. The number of amides is 2. The van der Waals surface area contributed by atoms with Gasteiger partial charge in [0, 0.05) is 16.1 Å². The molecule has 2 aromatic carbocycles. The Hall–Kier alpha value is -2.77. The van der Waals surface area contributed by atoms with E-state index in [1.54, 1.807) is 30.5 Å². The molecule has 0 aliphatic carbocycles. The van der Waals surface area contributed by atoms with E-state index in [4.69, 9.17) is 5.21 Å². The van der Waals surface area contributed by atoms with Crippen LogP contribution >= 0.6 is 15.9 Å². The second-order valence-electron chi connectivity index (χ2n) is 4.69. The van der Waals surface area contributed by atoms with Gasteiger partial charge in [0.2, 0.25) is 0 Å². The van der Waals surface area contributed by atoms with Crippen molar-refractivity contribution in [1.82, 2.24) is 10.9 Å². The predicted octanol–water partition coefficient (Wildman–Crippen LogP) is 2.73. The van der Waals surface area contributed by atoms with E-state index in [0.29, 0.717) is 11.1 Å². The fourth-order valence-corrected chi connectivity index (χ4v) is 2.04. The molecular formula is C17H14BrN3O3. The summed E-state index contributed by atoms with van der Waals surface area (Å²) in [6, 6.07) is 14.1. The molecule has 0 fully saturated rings. The number of carbonyl (C=O) groups excluding carboxylic acids is 2. The van der Waals surface area contributed by atoms with Crippen molar-refractivity contribution < 1.29 is 14.8 Å². The summed E-state index contributed by atoms with van der Waals surface area (Å²) < 4.78 is 0.962. The summed E-state index contributed by atoms with van der Waals surface area (Å²) in [4.78, 5) is 23.0. The number of hydrogen-bond acceptors (Lipinski definition) is 4. The fraction of sp³-hybridized carbons (Fsp3) is 0. The zero-order valence-corrected chi connectivity index (χ0v) is 14.0. The van der Waals surface area contributed by atoms with Crippen LogP contribution in [0.3, 0.4) is 0 Å². The van der Waals surface area contributed by atoms with E-state index in [1.165, 1.54) is 11.6 Å². The van der Waals surface area contributed by atoms with Crippen molar-refractivity contribution in [3.8, 4) is 0 Å². The number of hydrogen-bond donors (Lipinski definition) is 3. The van der Waals surface area contributed by atoms with Gasteiger partial charge in [-0.1, -0.05) is 40.2 Å². The number of rotatable bonds is 5. The third-order valence-electron chi connectivity index (χ3n) is 2.94. The summed E-state index contributed by atoms with van der Waals surface area (Å²) in [5.41, 5.74) is 5.82. The molecule has 0 radical (unpaired) electrons. The Morgan fingerprint density at radius 2 is 1.83 bits per heavy atom. The van der Waals surface area contributed by atoms with Gasteiger partial charge in [0.05, 0.1) is 6.21 Å².